The molecule has 0 spiro atoms. The number of piperazine rings is 1. The monoisotopic (exact) mass is 577 g/mol. The summed E-state index contributed by atoms with van der Waals surface area (Å²) < 4.78 is 70.8. The number of anilines is 1. The fraction of sp³-hybridized carbons (Fsp3) is 0.435. The molecular formula is C23H22F3N9O2S2. The summed E-state index contributed by atoms with van der Waals surface area (Å²) >= 11 is 0.663. The second kappa shape index (κ2) is 9.37. The van der Waals surface area contributed by atoms with E-state index in [1.165, 1.54) is 23.0 Å². The van der Waals surface area contributed by atoms with Gasteiger partial charge in [0.15, 0.2) is 10.7 Å². The molecule has 2 fully saturated rings. The number of hydrogen-bond donors (Lipinski definition) is 1. The largest absolute Gasteiger partial charge is 0.353 e. The van der Waals surface area contributed by atoms with Crippen LogP contribution in [-0.4, -0.2) is 83.0 Å². The topological polar surface area (TPSA) is 133 Å². The molecule has 4 aromatic rings. The first kappa shape index (κ1) is 25.9. The van der Waals surface area contributed by atoms with E-state index in [1.807, 2.05) is 22.9 Å². The van der Waals surface area contributed by atoms with E-state index in [4.69, 9.17) is 0 Å². The van der Waals surface area contributed by atoms with E-state index in [2.05, 4.69) is 24.9 Å². The van der Waals surface area contributed by atoms with Gasteiger partial charge in [0.25, 0.3) is 6.43 Å². The lowest BCUT2D eigenvalue weighted by molar-refractivity contribution is 0.150. The molecule has 1 aliphatic carbocycles. The molecule has 1 aromatic carbocycles. The fourth-order valence-corrected chi connectivity index (χ4v) is 6.90. The van der Waals surface area contributed by atoms with Crippen LogP contribution in [0.5, 0.6) is 0 Å². The minimum atomic E-state index is -4.08. The smallest absolute Gasteiger partial charge is 0.291 e. The first-order valence-corrected chi connectivity index (χ1v) is 14.3. The van der Waals surface area contributed by atoms with E-state index >= 15 is 0 Å². The Kier molecular flexibility index (Phi) is 6.21. The second-order valence-electron chi connectivity index (χ2n) is 9.67. The highest BCUT2D eigenvalue weighted by Gasteiger charge is 2.47. The zero-order valence-corrected chi connectivity index (χ0v) is 22.2. The summed E-state index contributed by atoms with van der Waals surface area (Å²) in [6.45, 7) is 0.990. The van der Waals surface area contributed by atoms with Crippen molar-refractivity contribution in [3.63, 3.8) is 0 Å². The number of rotatable bonds is 7. The van der Waals surface area contributed by atoms with Crippen molar-refractivity contribution in [1.29, 1.82) is 5.26 Å². The van der Waals surface area contributed by atoms with Crippen molar-refractivity contribution in [2.24, 2.45) is 0 Å². The fourth-order valence-electron chi connectivity index (χ4n) is 4.79. The molecule has 204 valence electrons. The van der Waals surface area contributed by atoms with Gasteiger partial charge in [-0.05, 0) is 32.0 Å². The summed E-state index contributed by atoms with van der Waals surface area (Å²) in [5.74, 6) is 0.518. The van der Waals surface area contributed by atoms with Gasteiger partial charge < -0.3 is 4.90 Å². The van der Waals surface area contributed by atoms with Crippen LogP contribution < -0.4 is 9.62 Å². The van der Waals surface area contributed by atoms with Gasteiger partial charge in [0.2, 0.25) is 15.2 Å². The van der Waals surface area contributed by atoms with Gasteiger partial charge >= 0.3 is 0 Å². The minimum absolute atomic E-state index is 0.0770. The highest BCUT2D eigenvalue weighted by molar-refractivity contribution is 7.89. The van der Waals surface area contributed by atoms with Crippen LogP contribution in [0, 0.1) is 11.3 Å². The molecule has 3 aromatic heterocycles. The Morgan fingerprint density at radius 2 is 2.05 bits per heavy atom. The van der Waals surface area contributed by atoms with Crippen LogP contribution in [-0.2, 0) is 10.0 Å². The van der Waals surface area contributed by atoms with E-state index in [1.54, 1.807) is 6.07 Å². The van der Waals surface area contributed by atoms with Crippen LogP contribution in [0.4, 0.5) is 19.0 Å². The molecule has 11 nitrogen and oxygen atoms in total. The van der Waals surface area contributed by atoms with Crippen molar-refractivity contribution in [2.45, 2.75) is 35.7 Å². The van der Waals surface area contributed by atoms with Gasteiger partial charge in [-0.2, -0.15) is 9.98 Å². The number of hydrogen-bond acceptors (Lipinski definition) is 10. The molecule has 1 N–H and O–H groups in total. The van der Waals surface area contributed by atoms with Crippen molar-refractivity contribution in [1.82, 2.24) is 34.4 Å². The van der Waals surface area contributed by atoms with Crippen molar-refractivity contribution >= 4 is 49.1 Å². The number of nitrogens with zero attached hydrogens (tertiary/aromatic N) is 8. The van der Waals surface area contributed by atoms with Crippen molar-refractivity contribution in [2.75, 3.05) is 38.3 Å². The number of likely N-dealkylation sites (N-methyl/N-ethyl adjacent to an activating group) is 1. The normalized spacial score (nSPS) is 19.7. The maximum atomic E-state index is 13.7. The maximum absolute atomic E-state index is 13.7. The third kappa shape index (κ3) is 4.39. The Hall–Kier alpha value is -3.39. The molecule has 0 amide bonds. The van der Waals surface area contributed by atoms with Crippen LogP contribution in [0.15, 0.2) is 29.4 Å². The van der Waals surface area contributed by atoms with Crippen LogP contribution in [0.25, 0.3) is 27.1 Å². The third-order valence-corrected chi connectivity index (χ3v) is 9.61. The zero-order chi connectivity index (χ0) is 27.5. The first-order chi connectivity index (χ1) is 18.7. The molecule has 1 saturated carbocycles. The van der Waals surface area contributed by atoms with E-state index in [0.29, 0.717) is 71.6 Å². The van der Waals surface area contributed by atoms with E-state index in [0.717, 1.165) is 0 Å². The number of nitrogens with one attached hydrogen (secondary N) is 1. The van der Waals surface area contributed by atoms with Crippen molar-refractivity contribution in [3.05, 3.63) is 29.5 Å². The van der Waals surface area contributed by atoms with Crippen molar-refractivity contribution < 1.29 is 21.6 Å². The van der Waals surface area contributed by atoms with E-state index in [9.17, 15) is 26.9 Å². The average Bonchev–Trinajstić information content (AvgIpc) is 3.36. The molecule has 1 saturated heterocycles. The summed E-state index contributed by atoms with van der Waals surface area (Å²) in [7, 11) is -2.23. The lowest BCUT2D eigenvalue weighted by Crippen LogP contribution is -2.52. The van der Waals surface area contributed by atoms with Gasteiger partial charge in [0, 0.05) is 25.0 Å². The van der Waals surface area contributed by atoms with Crippen LogP contribution in [0.3, 0.4) is 0 Å². The number of halogens is 3. The van der Waals surface area contributed by atoms with Crippen LogP contribution in [0.2, 0.25) is 0 Å². The predicted octanol–water partition coefficient (Wildman–Crippen LogP) is 2.79. The average molecular weight is 578 g/mol. The molecule has 6 rings (SSSR count). The zero-order valence-electron chi connectivity index (χ0n) is 20.6. The number of fused-ring (bicyclic) bond motifs is 3. The molecule has 1 unspecified atom stereocenters. The lowest BCUT2D eigenvalue weighted by atomic mass is 10.1. The van der Waals surface area contributed by atoms with Gasteiger partial charge in [-0.25, -0.2) is 31.6 Å². The number of alkyl halides is 3. The molecule has 39 heavy (non-hydrogen) atoms. The lowest BCUT2D eigenvalue weighted by Gasteiger charge is -2.38. The van der Waals surface area contributed by atoms with Gasteiger partial charge in [-0.3, -0.25) is 9.47 Å². The molecule has 0 bridgehead atoms. The molecule has 0 radical (unpaired) electrons. The second-order valence-corrected chi connectivity index (χ2v) is 12.3. The summed E-state index contributed by atoms with van der Waals surface area (Å²) in [5.41, 5.74) is -0.468. The molecule has 1 atom stereocenters. The Morgan fingerprint density at radius 3 is 2.72 bits per heavy atom. The molecule has 16 heteroatoms. The number of benzene rings is 1. The Balaban J connectivity index is 1.57. The predicted molar refractivity (Wildman–Crippen MR) is 137 cm³/mol. The first-order valence-electron chi connectivity index (χ1n) is 12.0. The van der Waals surface area contributed by atoms with Gasteiger partial charge in [-0.1, -0.05) is 17.4 Å². The van der Waals surface area contributed by atoms with E-state index in [-0.39, 0.29) is 16.1 Å². The summed E-state index contributed by atoms with van der Waals surface area (Å²) in [4.78, 5) is 12.7. The van der Waals surface area contributed by atoms with E-state index < -0.39 is 33.7 Å². The van der Waals surface area contributed by atoms with Crippen LogP contribution in [0.1, 0.15) is 24.3 Å². The number of nitriles is 1. The third-order valence-electron chi connectivity index (χ3n) is 7.17. The molecule has 4 heterocycles. The quantitative estimate of drug-likeness (QED) is 0.352. The summed E-state index contributed by atoms with van der Waals surface area (Å²) in [5, 5.41) is 17.6. The minimum Gasteiger partial charge on any atom is -0.353 e. The maximum Gasteiger partial charge on any atom is 0.291 e. The van der Waals surface area contributed by atoms with Crippen LogP contribution >= 0.6 is 11.3 Å². The molecule has 2 aliphatic rings. The summed E-state index contributed by atoms with van der Waals surface area (Å²) in [6, 6.07) is 6.07. The highest BCUT2D eigenvalue weighted by Crippen LogP contribution is 2.40. The SMILES string of the molecule is CN1CCN(c2ncnc3c2c2ccc(S(=O)(=O)NC4(C#N)CC4)cc2n3-c2nnc(C(F)F)s2)CC1CF. The Bertz CT molecular complexity index is 1730. The number of sulfonamides is 1. The Labute approximate surface area is 224 Å². The van der Waals surface area contributed by atoms with Gasteiger partial charge in [-0.15, -0.1) is 10.2 Å². The molecule has 1 aliphatic heterocycles. The van der Waals surface area contributed by atoms with Crippen molar-refractivity contribution in [3.8, 4) is 11.2 Å². The number of aromatic nitrogens is 5. The standard InChI is InChI=1S/C23H22F3N9O2S2/c1-33-6-7-34(10-13(33)9-24)19-17-15-3-2-14(39(36,37)32-23(11-27)4-5-23)8-16(15)35(20(17)29-12-28-19)22-31-30-21(38-22)18(25)26/h2-3,8,12-13,18,32H,4-7,9-10H2,1H3. The van der Waals surface area contributed by atoms with Gasteiger partial charge in [0.05, 0.1) is 27.9 Å². The van der Waals surface area contributed by atoms with Gasteiger partial charge in [0.1, 0.15) is 24.4 Å². The molecular weight excluding hydrogens is 555 g/mol. The summed E-state index contributed by atoms with van der Waals surface area (Å²) in [6.07, 6.45) is -0.682. The highest BCUT2D eigenvalue weighted by atomic mass is 32.2. The Morgan fingerprint density at radius 1 is 1.26 bits per heavy atom.